The Morgan fingerprint density at radius 2 is 0.787 bits per heavy atom. The maximum atomic E-state index is 5.12. The average Bonchev–Trinajstić information content (AvgIpc) is 3.68. The number of para-hydroxylation sites is 2. The van der Waals surface area contributed by atoms with E-state index in [1.807, 2.05) is 78.9 Å². The van der Waals surface area contributed by atoms with E-state index < -0.39 is 0 Å². The van der Waals surface area contributed by atoms with Crippen LogP contribution in [-0.4, -0.2) is 34.5 Å². The van der Waals surface area contributed by atoms with Gasteiger partial charge in [0, 0.05) is 45.5 Å². The molecule has 11 rings (SSSR count). The predicted octanol–water partition coefficient (Wildman–Crippen LogP) is 12.8. The van der Waals surface area contributed by atoms with Crippen molar-refractivity contribution >= 4 is 21.8 Å². The lowest BCUT2D eigenvalue weighted by Crippen LogP contribution is -2.00. The minimum Gasteiger partial charge on any atom is -0.309 e. The van der Waals surface area contributed by atoms with E-state index >= 15 is 0 Å². The second kappa shape index (κ2) is 15.4. The second-order valence-electron chi connectivity index (χ2n) is 14.8. The Morgan fingerprint density at radius 1 is 0.279 bits per heavy atom. The van der Waals surface area contributed by atoms with Gasteiger partial charge in [-0.1, -0.05) is 133 Å². The van der Waals surface area contributed by atoms with E-state index in [0.29, 0.717) is 17.5 Å². The van der Waals surface area contributed by atoms with Crippen LogP contribution in [0.5, 0.6) is 0 Å². The Hall–Kier alpha value is -8.42. The zero-order valence-electron chi connectivity index (χ0n) is 32.8. The van der Waals surface area contributed by atoms with Crippen molar-refractivity contribution in [1.82, 2.24) is 34.5 Å². The number of nitrogens with zero attached hydrogens (tertiary/aromatic N) is 7. The third kappa shape index (κ3) is 6.90. The third-order valence-corrected chi connectivity index (χ3v) is 11.0. The molecule has 11 aromatic rings. The summed E-state index contributed by atoms with van der Waals surface area (Å²) in [7, 11) is 0. The molecule has 0 spiro atoms. The summed E-state index contributed by atoms with van der Waals surface area (Å²) >= 11 is 0. The standard InChI is InChI=1S/C54H35N7/c1-3-14-37(15-4-1)52-58-53(38-26-24-36(25-27-38)40-28-29-45-44-20-7-8-23-50(44)61(51(45)35-40)43-18-5-2-6-19-43)60-54(59-52)41-17-13-16-39(32-41)42-33-48(46-21-9-11-30-55-46)57-49(34-42)47-22-10-12-31-56-47/h1-35H. The number of hydrogen-bond donors (Lipinski definition) is 0. The number of rotatable bonds is 8. The Kier molecular flexibility index (Phi) is 9.02. The summed E-state index contributed by atoms with van der Waals surface area (Å²) in [6.07, 6.45) is 3.57. The molecule has 7 heteroatoms. The zero-order valence-corrected chi connectivity index (χ0v) is 32.8. The van der Waals surface area contributed by atoms with Gasteiger partial charge in [0.1, 0.15) is 0 Å². The van der Waals surface area contributed by atoms with Crippen LogP contribution in [0.1, 0.15) is 0 Å². The van der Waals surface area contributed by atoms with Crippen molar-refractivity contribution in [3.05, 3.63) is 213 Å². The fraction of sp³-hybridized carbons (Fsp3) is 0. The Balaban J connectivity index is 0.989. The van der Waals surface area contributed by atoms with Gasteiger partial charge in [0.05, 0.1) is 33.8 Å². The van der Waals surface area contributed by atoms with Gasteiger partial charge in [0.2, 0.25) is 0 Å². The van der Waals surface area contributed by atoms with Crippen molar-refractivity contribution in [3.63, 3.8) is 0 Å². The molecule has 0 bridgehead atoms. The highest BCUT2D eigenvalue weighted by atomic mass is 15.0. The molecule has 0 amide bonds. The number of pyridine rings is 3. The van der Waals surface area contributed by atoms with Gasteiger partial charge in [-0.3, -0.25) is 9.97 Å². The highest BCUT2D eigenvalue weighted by molar-refractivity contribution is 6.10. The van der Waals surface area contributed by atoms with E-state index in [-0.39, 0.29) is 0 Å². The Labute approximate surface area is 352 Å². The Morgan fingerprint density at radius 3 is 1.46 bits per heavy atom. The highest BCUT2D eigenvalue weighted by Gasteiger charge is 2.17. The summed E-state index contributed by atoms with van der Waals surface area (Å²) < 4.78 is 2.35. The average molecular weight is 782 g/mol. The molecule has 0 saturated heterocycles. The summed E-state index contributed by atoms with van der Waals surface area (Å²) in [4.78, 5) is 29.4. The van der Waals surface area contributed by atoms with E-state index in [9.17, 15) is 0 Å². The molecule has 5 heterocycles. The number of fused-ring (bicyclic) bond motifs is 3. The van der Waals surface area contributed by atoms with Crippen molar-refractivity contribution in [3.8, 4) is 84.9 Å². The van der Waals surface area contributed by atoms with Crippen LogP contribution in [0, 0.1) is 0 Å². The molecular weight excluding hydrogens is 747 g/mol. The quantitative estimate of drug-likeness (QED) is 0.153. The lowest BCUT2D eigenvalue weighted by molar-refractivity contribution is 1.07. The smallest absolute Gasteiger partial charge is 0.164 e. The second-order valence-corrected chi connectivity index (χ2v) is 14.8. The van der Waals surface area contributed by atoms with Gasteiger partial charge in [-0.15, -0.1) is 0 Å². The normalized spacial score (nSPS) is 11.3. The molecule has 0 atom stereocenters. The molecule has 0 aliphatic carbocycles. The third-order valence-electron chi connectivity index (χ3n) is 11.0. The van der Waals surface area contributed by atoms with Crippen LogP contribution in [0.15, 0.2) is 213 Å². The first-order chi connectivity index (χ1) is 30.2. The van der Waals surface area contributed by atoms with E-state index in [1.165, 1.54) is 21.8 Å². The molecule has 0 aliphatic heterocycles. The summed E-state index contributed by atoms with van der Waals surface area (Å²) in [6, 6.07) is 68.6. The van der Waals surface area contributed by atoms with Crippen molar-refractivity contribution in [2.45, 2.75) is 0 Å². The molecular formula is C54H35N7. The van der Waals surface area contributed by atoms with Gasteiger partial charge < -0.3 is 4.57 Å². The first kappa shape index (κ1) is 35.7. The van der Waals surface area contributed by atoms with Crippen LogP contribution in [0.25, 0.3) is 107 Å². The highest BCUT2D eigenvalue weighted by Crippen LogP contribution is 2.36. The maximum Gasteiger partial charge on any atom is 0.164 e. The molecule has 61 heavy (non-hydrogen) atoms. The van der Waals surface area contributed by atoms with Gasteiger partial charge >= 0.3 is 0 Å². The fourth-order valence-corrected chi connectivity index (χ4v) is 7.99. The lowest BCUT2D eigenvalue weighted by Gasteiger charge is -2.12. The van der Waals surface area contributed by atoms with Crippen LogP contribution in [0.4, 0.5) is 0 Å². The van der Waals surface area contributed by atoms with Crippen molar-refractivity contribution < 1.29 is 0 Å². The van der Waals surface area contributed by atoms with Gasteiger partial charge in [0.15, 0.2) is 17.5 Å². The molecule has 0 radical (unpaired) electrons. The summed E-state index contributed by atoms with van der Waals surface area (Å²) in [6.45, 7) is 0. The minimum absolute atomic E-state index is 0.581. The zero-order chi connectivity index (χ0) is 40.5. The van der Waals surface area contributed by atoms with E-state index in [0.717, 1.165) is 67.4 Å². The maximum absolute atomic E-state index is 5.12. The summed E-state index contributed by atoms with van der Waals surface area (Å²) in [5.41, 5.74) is 13.5. The van der Waals surface area contributed by atoms with Gasteiger partial charge in [0.25, 0.3) is 0 Å². The number of benzene rings is 6. The van der Waals surface area contributed by atoms with E-state index in [1.54, 1.807) is 12.4 Å². The topological polar surface area (TPSA) is 82.3 Å². The van der Waals surface area contributed by atoms with Crippen LogP contribution in [0.3, 0.4) is 0 Å². The summed E-state index contributed by atoms with van der Waals surface area (Å²) in [5, 5.41) is 2.46. The minimum atomic E-state index is 0.581. The molecule has 6 aromatic carbocycles. The summed E-state index contributed by atoms with van der Waals surface area (Å²) in [5.74, 6) is 1.78. The predicted molar refractivity (Wildman–Crippen MR) is 246 cm³/mol. The SMILES string of the molecule is c1ccc(-c2nc(-c3ccc(-c4ccc5c6ccccc6n(-c6ccccc6)c5c4)cc3)nc(-c3cccc(-c4cc(-c5ccccn5)nc(-c5ccccn5)c4)c3)n2)cc1. The molecule has 0 unspecified atom stereocenters. The van der Waals surface area contributed by atoms with Gasteiger partial charge in [-0.25, -0.2) is 19.9 Å². The van der Waals surface area contributed by atoms with Crippen molar-refractivity contribution in [2.24, 2.45) is 0 Å². The first-order valence-electron chi connectivity index (χ1n) is 20.2. The number of aromatic nitrogens is 7. The van der Waals surface area contributed by atoms with Gasteiger partial charge in [-0.05, 0) is 89.0 Å². The molecule has 5 aromatic heterocycles. The molecule has 0 aliphatic rings. The Bertz CT molecular complexity index is 3270. The fourth-order valence-electron chi connectivity index (χ4n) is 7.99. The van der Waals surface area contributed by atoms with Crippen molar-refractivity contribution in [1.29, 1.82) is 0 Å². The van der Waals surface area contributed by atoms with Crippen molar-refractivity contribution in [2.75, 3.05) is 0 Å². The van der Waals surface area contributed by atoms with Crippen LogP contribution < -0.4 is 0 Å². The lowest BCUT2D eigenvalue weighted by atomic mass is 10.00. The molecule has 0 N–H and O–H groups in total. The van der Waals surface area contributed by atoms with Crippen LogP contribution in [-0.2, 0) is 0 Å². The monoisotopic (exact) mass is 781 g/mol. The molecule has 0 fully saturated rings. The molecule has 0 saturated carbocycles. The molecule has 7 nitrogen and oxygen atoms in total. The van der Waals surface area contributed by atoms with Crippen LogP contribution in [0.2, 0.25) is 0 Å². The van der Waals surface area contributed by atoms with E-state index in [2.05, 4.69) is 136 Å². The van der Waals surface area contributed by atoms with E-state index in [4.69, 9.17) is 19.9 Å². The molecule has 286 valence electrons. The van der Waals surface area contributed by atoms with Gasteiger partial charge in [-0.2, -0.15) is 0 Å². The first-order valence-corrected chi connectivity index (χ1v) is 20.2. The largest absolute Gasteiger partial charge is 0.309 e. The number of hydrogen-bond acceptors (Lipinski definition) is 6. The van der Waals surface area contributed by atoms with Crippen LogP contribution >= 0.6 is 0 Å².